The molecule has 0 aliphatic carbocycles. The van der Waals surface area contributed by atoms with Crippen LogP contribution in [0.15, 0.2) is 48.5 Å². The Bertz CT molecular complexity index is 921. The maximum absolute atomic E-state index is 12.1. The molecule has 0 aliphatic heterocycles. The minimum atomic E-state index is -3.33. The first kappa shape index (κ1) is 19.5. The Hall–Kier alpha value is -2.80. The number of carbonyl (C=O) groups is 1. The SMILES string of the molecule is CCS(=O)(=O)Nc1ccc(NC(=O)/C=C/c2cccc(OC)c2)cc1C. The summed E-state index contributed by atoms with van der Waals surface area (Å²) in [6.45, 7) is 3.34. The third-order valence-electron chi connectivity index (χ3n) is 3.66. The highest BCUT2D eigenvalue weighted by molar-refractivity contribution is 7.92. The molecule has 0 aliphatic rings. The molecule has 138 valence electrons. The van der Waals surface area contributed by atoms with Crippen LogP contribution < -0.4 is 14.8 Å². The number of ether oxygens (including phenoxy) is 1. The lowest BCUT2D eigenvalue weighted by Gasteiger charge is -2.11. The highest BCUT2D eigenvalue weighted by Gasteiger charge is 2.09. The molecule has 0 bridgehead atoms. The van der Waals surface area contributed by atoms with E-state index in [-0.39, 0.29) is 11.7 Å². The van der Waals surface area contributed by atoms with Crippen molar-refractivity contribution in [3.05, 3.63) is 59.7 Å². The molecule has 1 amide bonds. The van der Waals surface area contributed by atoms with Gasteiger partial charge in [-0.05, 0) is 61.4 Å². The van der Waals surface area contributed by atoms with Gasteiger partial charge in [0.15, 0.2) is 0 Å². The van der Waals surface area contributed by atoms with Crippen molar-refractivity contribution in [3.8, 4) is 5.75 Å². The van der Waals surface area contributed by atoms with Gasteiger partial charge in [0.1, 0.15) is 5.75 Å². The third-order valence-corrected chi connectivity index (χ3v) is 4.95. The van der Waals surface area contributed by atoms with Gasteiger partial charge in [0.2, 0.25) is 15.9 Å². The Kier molecular flexibility index (Phi) is 6.41. The van der Waals surface area contributed by atoms with Crippen LogP contribution in [0.25, 0.3) is 6.08 Å². The van der Waals surface area contributed by atoms with Crippen molar-refractivity contribution in [1.82, 2.24) is 0 Å². The Morgan fingerprint density at radius 3 is 2.62 bits per heavy atom. The molecule has 2 N–H and O–H groups in total. The molecule has 0 spiro atoms. The number of amides is 1. The summed E-state index contributed by atoms with van der Waals surface area (Å²) in [7, 11) is -1.75. The van der Waals surface area contributed by atoms with Crippen LogP contribution in [0.2, 0.25) is 0 Å². The summed E-state index contributed by atoms with van der Waals surface area (Å²) >= 11 is 0. The first-order chi connectivity index (χ1) is 12.3. The summed E-state index contributed by atoms with van der Waals surface area (Å²) in [5.41, 5.74) is 2.65. The average molecular weight is 374 g/mol. The van der Waals surface area contributed by atoms with E-state index in [9.17, 15) is 13.2 Å². The van der Waals surface area contributed by atoms with Gasteiger partial charge < -0.3 is 10.1 Å². The molecule has 0 aromatic heterocycles. The number of benzene rings is 2. The van der Waals surface area contributed by atoms with Gasteiger partial charge in [-0.15, -0.1) is 0 Å². The smallest absolute Gasteiger partial charge is 0.248 e. The van der Waals surface area contributed by atoms with Gasteiger partial charge in [0, 0.05) is 11.8 Å². The second-order valence-corrected chi connectivity index (χ2v) is 7.65. The van der Waals surface area contributed by atoms with Crippen molar-refractivity contribution in [2.75, 3.05) is 22.9 Å². The summed E-state index contributed by atoms with van der Waals surface area (Å²) in [6.07, 6.45) is 3.12. The van der Waals surface area contributed by atoms with E-state index in [1.54, 1.807) is 45.2 Å². The highest BCUT2D eigenvalue weighted by Crippen LogP contribution is 2.21. The topological polar surface area (TPSA) is 84.5 Å². The number of hydrogen-bond donors (Lipinski definition) is 2. The van der Waals surface area contributed by atoms with E-state index >= 15 is 0 Å². The van der Waals surface area contributed by atoms with Crippen molar-refractivity contribution < 1.29 is 17.9 Å². The molecule has 7 heteroatoms. The fourth-order valence-corrected chi connectivity index (χ4v) is 2.91. The number of nitrogens with one attached hydrogen (secondary N) is 2. The molecular formula is C19H22N2O4S. The van der Waals surface area contributed by atoms with E-state index < -0.39 is 10.0 Å². The van der Waals surface area contributed by atoms with E-state index in [0.29, 0.717) is 17.1 Å². The van der Waals surface area contributed by atoms with Gasteiger partial charge in [-0.2, -0.15) is 0 Å². The summed E-state index contributed by atoms with van der Waals surface area (Å²) in [5.74, 6) is 0.433. The van der Waals surface area contributed by atoms with Crippen LogP contribution in [0.3, 0.4) is 0 Å². The molecule has 0 saturated heterocycles. The van der Waals surface area contributed by atoms with E-state index in [1.807, 2.05) is 24.3 Å². The molecule has 0 unspecified atom stereocenters. The van der Waals surface area contributed by atoms with E-state index in [1.165, 1.54) is 6.08 Å². The van der Waals surface area contributed by atoms with Gasteiger partial charge in [0.25, 0.3) is 0 Å². The predicted octanol–water partition coefficient (Wildman–Crippen LogP) is 3.42. The number of rotatable bonds is 7. The molecule has 0 saturated carbocycles. The molecule has 0 heterocycles. The van der Waals surface area contributed by atoms with Crippen LogP contribution in [0.1, 0.15) is 18.1 Å². The zero-order valence-electron chi connectivity index (χ0n) is 14.9. The monoisotopic (exact) mass is 374 g/mol. The Labute approximate surface area is 153 Å². The molecule has 0 atom stereocenters. The van der Waals surface area contributed by atoms with Crippen molar-refractivity contribution in [3.63, 3.8) is 0 Å². The molecular weight excluding hydrogens is 352 g/mol. The lowest BCUT2D eigenvalue weighted by molar-refractivity contribution is -0.111. The van der Waals surface area contributed by atoms with Crippen LogP contribution in [0.4, 0.5) is 11.4 Å². The summed E-state index contributed by atoms with van der Waals surface area (Å²) in [5, 5.41) is 2.75. The van der Waals surface area contributed by atoms with E-state index in [4.69, 9.17) is 4.74 Å². The number of anilines is 2. The fourth-order valence-electron chi connectivity index (χ4n) is 2.20. The van der Waals surface area contributed by atoms with Gasteiger partial charge in [-0.1, -0.05) is 12.1 Å². The zero-order chi connectivity index (χ0) is 19.2. The minimum absolute atomic E-state index is 0.00000637. The Balaban J connectivity index is 2.04. The molecule has 2 aromatic rings. The number of aryl methyl sites for hydroxylation is 1. The molecule has 0 radical (unpaired) electrons. The number of carbonyl (C=O) groups excluding carboxylic acids is 1. The normalized spacial score (nSPS) is 11.3. The van der Waals surface area contributed by atoms with Crippen molar-refractivity contribution in [2.24, 2.45) is 0 Å². The number of methoxy groups -OCH3 is 1. The van der Waals surface area contributed by atoms with Crippen LogP contribution in [-0.2, 0) is 14.8 Å². The largest absolute Gasteiger partial charge is 0.497 e. The third kappa shape index (κ3) is 5.63. The molecule has 6 nitrogen and oxygen atoms in total. The molecule has 2 aromatic carbocycles. The summed E-state index contributed by atoms with van der Waals surface area (Å²) < 4.78 is 30.9. The molecule has 2 rings (SSSR count). The summed E-state index contributed by atoms with van der Waals surface area (Å²) in [4.78, 5) is 12.1. The van der Waals surface area contributed by atoms with Gasteiger partial charge in [0.05, 0.1) is 18.6 Å². The van der Waals surface area contributed by atoms with Crippen molar-refractivity contribution in [2.45, 2.75) is 13.8 Å². The van der Waals surface area contributed by atoms with Crippen molar-refractivity contribution >= 4 is 33.4 Å². The van der Waals surface area contributed by atoms with Crippen molar-refractivity contribution in [1.29, 1.82) is 0 Å². The Morgan fingerprint density at radius 1 is 1.19 bits per heavy atom. The zero-order valence-corrected chi connectivity index (χ0v) is 15.8. The maximum atomic E-state index is 12.1. The molecule has 26 heavy (non-hydrogen) atoms. The van der Waals surface area contributed by atoms with E-state index in [2.05, 4.69) is 10.0 Å². The first-order valence-corrected chi connectivity index (χ1v) is 9.72. The van der Waals surface area contributed by atoms with Crippen LogP contribution in [0, 0.1) is 6.92 Å². The Morgan fingerprint density at radius 2 is 1.96 bits per heavy atom. The second kappa shape index (κ2) is 8.53. The van der Waals surface area contributed by atoms with E-state index in [0.717, 1.165) is 11.1 Å². The van der Waals surface area contributed by atoms with Crippen LogP contribution in [0.5, 0.6) is 5.75 Å². The first-order valence-electron chi connectivity index (χ1n) is 8.07. The maximum Gasteiger partial charge on any atom is 0.248 e. The predicted molar refractivity (Wildman–Crippen MR) is 105 cm³/mol. The lowest BCUT2D eigenvalue weighted by atomic mass is 10.2. The lowest BCUT2D eigenvalue weighted by Crippen LogP contribution is -2.15. The minimum Gasteiger partial charge on any atom is -0.497 e. The van der Waals surface area contributed by atoms with Crippen LogP contribution in [-0.4, -0.2) is 27.2 Å². The fraction of sp³-hybridized carbons (Fsp3) is 0.211. The quantitative estimate of drug-likeness (QED) is 0.727. The number of sulfonamides is 1. The second-order valence-electron chi connectivity index (χ2n) is 5.63. The highest BCUT2D eigenvalue weighted by atomic mass is 32.2. The van der Waals surface area contributed by atoms with Gasteiger partial charge in [-0.25, -0.2) is 8.42 Å². The van der Waals surface area contributed by atoms with Gasteiger partial charge >= 0.3 is 0 Å². The molecule has 0 fully saturated rings. The standard InChI is InChI=1S/C19H22N2O4S/c1-4-26(23,24)21-18-10-9-16(12-14(18)2)20-19(22)11-8-15-6-5-7-17(13-15)25-3/h5-13,21H,4H2,1-3H3,(H,20,22)/b11-8+. The summed E-state index contributed by atoms with van der Waals surface area (Å²) in [6, 6.07) is 12.4. The average Bonchev–Trinajstić information content (AvgIpc) is 2.62. The van der Waals surface area contributed by atoms with Gasteiger partial charge in [-0.3, -0.25) is 9.52 Å². The number of hydrogen-bond acceptors (Lipinski definition) is 4. The van der Waals surface area contributed by atoms with Crippen LogP contribution >= 0.6 is 0 Å².